The van der Waals surface area contributed by atoms with E-state index in [0.29, 0.717) is 24.5 Å². The molecule has 3 N–H and O–H groups in total. The molecule has 6 nitrogen and oxygen atoms in total. The molecule has 4 rings (SSSR count). The second-order valence-corrected chi connectivity index (χ2v) is 9.67. The number of hydrogen-bond acceptors (Lipinski definition) is 4. The van der Waals surface area contributed by atoms with Gasteiger partial charge in [0.1, 0.15) is 11.5 Å². The predicted molar refractivity (Wildman–Crippen MR) is 154 cm³/mol. The van der Waals surface area contributed by atoms with Crippen LogP contribution in [-0.4, -0.2) is 37.8 Å². The second kappa shape index (κ2) is 13.7. The SMILES string of the molecule is COc1cc(OC)cc(C(CC(=O)NCCCCCCN)c2cn(Cc3ccccc3)c3ccccc23)c1. The van der Waals surface area contributed by atoms with Crippen LogP contribution in [0.4, 0.5) is 0 Å². The number of aromatic nitrogens is 1. The average Bonchev–Trinajstić information content (AvgIpc) is 3.31. The largest absolute Gasteiger partial charge is 0.497 e. The number of para-hydroxylation sites is 1. The fourth-order valence-electron chi connectivity index (χ4n) is 5.01. The summed E-state index contributed by atoms with van der Waals surface area (Å²) in [6.07, 6.45) is 6.69. The van der Waals surface area contributed by atoms with Gasteiger partial charge in [0.15, 0.2) is 0 Å². The number of carbonyl (C=O) groups is 1. The molecule has 1 heterocycles. The van der Waals surface area contributed by atoms with E-state index in [2.05, 4.69) is 64.6 Å². The molecule has 200 valence electrons. The van der Waals surface area contributed by atoms with Gasteiger partial charge in [-0.2, -0.15) is 0 Å². The summed E-state index contributed by atoms with van der Waals surface area (Å²) in [5.74, 6) is 1.28. The molecule has 0 bridgehead atoms. The van der Waals surface area contributed by atoms with Crippen molar-refractivity contribution in [2.45, 2.75) is 44.6 Å². The molecule has 0 fully saturated rings. The molecule has 38 heavy (non-hydrogen) atoms. The summed E-state index contributed by atoms with van der Waals surface area (Å²) in [5, 5.41) is 4.29. The van der Waals surface area contributed by atoms with E-state index in [-0.39, 0.29) is 11.8 Å². The van der Waals surface area contributed by atoms with Crippen LogP contribution in [-0.2, 0) is 11.3 Å². The highest BCUT2D eigenvalue weighted by atomic mass is 16.5. The van der Waals surface area contributed by atoms with Gasteiger partial charge in [0.2, 0.25) is 5.91 Å². The Labute approximate surface area is 225 Å². The van der Waals surface area contributed by atoms with Gasteiger partial charge in [0.05, 0.1) is 14.2 Å². The average molecular weight is 514 g/mol. The van der Waals surface area contributed by atoms with Gasteiger partial charge in [0.25, 0.3) is 0 Å². The summed E-state index contributed by atoms with van der Waals surface area (Å²) in [6.45, 7) is 2.15. The molecule has 0 saturated heterocycles. The Morgan fingerprint density at radius 1 is 0.895 bits per heavy atom. The first kappa shape index (κ1) is 27.3. The summed E-state index contributed by atoms with van der Waals surface area (Å²) in [7, 11) is 3.30. The minimum Gasteiger partial charge on any atom is -0.497 e. The highest BCUT2D eigenvalue weighted by molar-refractivity contribution is 5.87. The van der Waals surface area contributed by atoms with Gasteiger partial charge < -0.3 is 25.1 Å². The van der Waals surface area contributed by atoms with E-state index in [1.807, 2.05) is 24.3 Å². The van der Waals surface area contributed by atoms with Crippen LogP contribution in [0.5, 0.6) is 11.5 Å². The lowest BCUT2D eigenvalue weighted by atomic mass is 9.87. The highest BCUT2D eigenvalue weighted by Crippen LogP contribution is 2.38. The van der Waals surface area contributed by atoms with E-state index in [1.165, 1.54) is 5.56 Å². The van der Waals surface area contributed by atoms with Crippen LogP contribution in [0.2, 0.25) is 0 Å². The standard InChI is InChI=1S/C32H39N3O3/c1-37-26-18-25(19-27(20-26)38-2)29(21-32(36)34-17-11-4-3-10-16-33)30-23-35(22-24-12-6-5-7-13-24)31-15-9-8-14-28(30)31/h5-9,12-15,18-20,23,29H,3-4,10-11,16-17,21-22,33H2,1-2H3,(H,34,36). The maximum Gasteiger partial charge on any atom is 0.220 e. The molecule has 1 amide bonds. The predicted octanol–water partition coefficient (Wildman–Crippen LogP) is 5.86. The number of nitrogens with one attached hydrogen (secondary N) is 1. The van der Waals surface area contributed by atoms with Gasteiger partial charge in [-0.05, 0) is 54.3 Å². The Morgan fingerprint density at radius 3 is 2.29 bits per heavy atom. The molecule has 0 saturated carbocycles. The summed E-state index contributed by atoms with van der Waals surface area (Å²) < 4.78 is 13.4. The molecule has 0 spiro atoms. The van der Waals surface area contributed by atoms with E-state index in [9.17, 15) is 4.79 Å². The Hall–Kier alpha value is -3.77. The van der Waals surface area contributed by atoms with Crippen LogP contribution in [0, 0.1) is 0 Å². The van der Waals surface area contributed by atoms with E-state index >= 15 is 0 Å². The number of methoxy groups -OCH3 is 2. The van der Waals surface area contributed by atoms with Crippen molar-refractivity contribution in [2.24, 2.45) is 5.73 Å². The molecule has 0 aliphatic carbocycles. The molecular weight excluding hydrogens is 474 g/mol. The fourth-order valence-corrected chi connectivity index (χ4v) is 5.01. The highest BCUT2D eigenvalue weighted by Gasteiger charge is 2.24. The lowest BCUT2D eigenvalue weighted by molar-refractivity contribution is -0.121. The normalized spacial score (nSPS) is 11.9. The van der Waals surface area contributed by atoms with Crippen LogP contribution < -0.4 is 20.5 Å². The zero-order chi connectivity index (χ0) is 26.7. The van der Waals surface area contributed by atoms with Crippen molar-refractivity contribution in [2.75, 3.05) is 27.3 Å². The van der Waals surface area contributed by atoms with Crippen LogP contribution in [0.3, 0.4) is 0 Å². The van der Waals surface area contributed by atoms with E-state index in [1.54, 1.807) is 14.2 Å². The number of carbonyl (C=O) groups excluding carboxylic acids is 1. The quantitative estimate of drug-likeness (QED) is 0.207. The van der Waals surface area contributed by atoms with Crippen molar-refractivity contribution in [1.82, 2.24) is 9.88 Å². The number of nitrogens with zero attached hydrogens (tertiary/aromatic N) is 1. The summed E-state index contributed by atoms with van der Waals surface area (Å²) in [6, 6.07) is 24.7. The van der Waals surface area contributed by atoms with E-state index in [4.69, 9.17) is 15.2 Å². The van der Waals surface area contributed by atoms with Gasteiger partial charge in [-0.15, -0.1) is 0 Å². The molecule has 1 unspecified atom stereocenters. The second-order valence-electron chi connectivity index (χ2n) is 9.67. The first-order chi connectivity index (χ1) is 18.6. The van der Waals surface area contributed by atoms with E-state index < -0.39 is 0 Å². The molecule has 1 aromatic heterocycles. The summed E-state index contributed by atoms with van der Waals surface area (Å²) in [4.78, 5) is 13.2. The smallest absolute Gasteiger partial charge is 0.220 e. The number of fused-ring (bicyclic) bond motifs is 1. The number of amides is 1. The van der Waals surface area contributed by atoms with Gasteiger partial charge in [-0.3, -0.25) is 4.79 Å². The maximum absolute atomic E-state index is 13.2. The number of benzene rings is 3. The van der Waals surface area contributed by atoms with Crippen molar-refractivity contribution in [1.29, 1.82) is 0 Å². The van der Waals surface area contributed by atoms with Crippen molar-refractivity contribution in [3.63, 3.8) is 0 Å². The molecule has 0 aliphatic rings. The van der Waals surface area contributed by atoms with Crippen LogP contribution in [0.25, 0.3) is 10.9 Å². The van der Waals surface area contributed by atoms with Crippen molar-refractivity contribution in [3.8, 4) is 11.5 Å². The van der Waals surface area contributed by atoms with Crippen LogP contribution in [0.15, 0.2) is 79.0 Å². The van der Waals surface area contributed by atoms with E-state index in [0.717, 1.165) is 60.8 Å². The zero-order valence-corrected chi connectivity index (χ0v) is 22.5. The van der Waals surface area contributed by atoms with Gasteiger partial charge in [-0.1, -0.05) is 61.4 Å². The van der Waals surface area contributed by atoms with Crippen LogP contribution >= 0.6 is 0 Å². The minimum atomic E-state index is -0.168. The Morgan fingerprint density at radius 2 is 1.58 bits per heavy atom. The third-order valence-corrected chi connectivity index (χ3v) is 7.01. The van der Waals surface area contributed by atoms with Crippen molar-refractivity contribution < 1.29 is 14.3 Å². The van der Waals surface area contributed by atoms with Gasteiger partial charge in [0, 0.05) is 48.6 Å². The Balaban J connectivity index is 1.68. The summed E-state index contributed by atoms with van der Waals surface area (Å²) >= 11 is 0. The van der Waals surface area contributed by atoms with Crippen molar-refractivity contribution in [3.05, 3.63) is 95.7 Å². The molecule has 3 aromatic carbocycles. The zero-order valence-electron chi connectivity index (χ0n) is 22.5. The first-order valence-electron chi connectivity index (χ1n) is 13.4. The molecule has 1 atom stereocenters. The minimum absolute atomic E-state index is 0.0375. The molecule has 0 aliphatic heterocycles. The number of nitrogens with two attached hydrogens (primary N) is 1. The van der Waals surface area contributed by atoms with Crippen molar-refractivity contribution >= 4 is 16.8 Å². The summed E-state index contributed by atoms with van der Waals surface area (Å²) in [5.41, 5.74) is 10.1. The Bertz CT molecular complexity index is 1290. The number of ether oxygens (including phenoxy) is 2. The van der Waals surface area contributed by atoms with Gasteiger partial charge >= 0.3 is 0 Å². The molecular formula is C32H39N3O3. The lowest BCUT2D eigenvalue weighted by Crippen LogP contribution is -2.26. The number of hydrogen-bond donors (Lipinski definition) is 2. The van der Waals surface area contributed by atoms with Gasteiger partial charge in [-0.25, -0.2) is 0 Å². The maximum atomic E-state index is 13.2. The molecule has 6 heteroatoms. The third-order valence-electron chi connectivity index (χ3n) is 7.01. The third kappa shape index (κ3) is 6.95. The first-order valence-corrected chi connectivity index (χ1v) is 13.4. The fraction of sp³-hybridized carbons (Fsp3) is 0.344. The van der Waals surface area contributed by atoms with Crippen LogP contribution in [0.1, 0.15) is 54.7 Å². The lowest BCUT2D eigenvalue weighted by Gasteiger charge is -2.19. The molecule has 4 aromatic rings. The topological polar surface area (TPSA) is 78.5 Å². The monoisotopic (exact) mass is 513 g/mol. The number of rotatable bonds is 14. The Kier molecular flexibility index (Phi) is 9.82. The number of unbranched alkanes of at least 4 members (excludes halogenated alkanes) is 3. The molecule has 0 radical (unpaired) electrons.